The van der Waals surface area contributed by atoms with Crippen molar-refractivity contribution in [2.24, 2.45) is 4.99 Å². The fraction of sp³-hybridized carbons (Fsp3) is 0.192. The van der Waals surface area contributed by atoms with Crippen molar-refractivity contribution in [2.45, 2.75) is 12.1 Å². The second kappa shape index (κ2) is 9.19. The van der Waals surface area contributed by atoms with Crippen LogP contribution in [0.15, 0.2) is 83.9 Å². The molecule has 1 N–H and O–H groups in total. The average Bonchev–Trinajstić information content (AvgIpc) is 3.35. The van der Waals surface area contributed by atoms with E-state index in [4.69, 9.17) is 16.3 Å². The molecule has 0 bridgehead atoms. The molecule has 8 heteroatoms. The SMILES string of the molecule is COc1ccc(N2C(=O)[C@H](NC(=O)c3ccccc3)[C@H](c3ccc(Cl)cc3)N3CCN=C23)cc1. The maximum atomic E-state index is 14.0. The predicted molar refractivity (Wildman–Crippen MR) is 131 cm³/mol. The van der Waals surface area contributed by atoms with E-state index in [1.165, 1.54) is 0 Å². The highest BCUT2D eigenvalue weighted by Crippen LogP contribution is 2.36. The van der Waals surface area contributed by atoms with E-state index in [1.54, 1.807) is 60.5 Å². The summed E-state index contributed by atoms with van der Waals surface area (Å²) < 4.78 is 5.27. The third-order valence-corrected chi connectivity index (χ3v) is 6.31. The van der Waals surface area contributed by atoms with Gasteiger partial charge in [-0.25, -0.2) is 4.90 Å². The van der Waals surface area contributed by atoms with E-state index in [2.05, 4.69) is 15.2 Å². The molecule has 2 aliphatic heterocycles. The Morgan fingerprint density at radius 3 is 2.41 bits per heavy atom. The van der Waals surface area contributed by atoms with E-state index in [1.807, 2.05) is 30.3 Å². The van der Waals surface area contributed by atoms with E-state index >= 15 is 0 Å². The maximum absolute atomic E-state index is 14.0. The molecule has 0 aromatic heterocycles. The molecule has 0 spiro atoms. The Labute approximate surface area is 202 Å². The highest BCUT2D eigenvalue weighted by Gasteiger charge is 2.48. The minimum atomic E-state index is -0.840. The van der Waals surface area contributed by atoms with Gasteiger partial charge >= 0.3 is 0 Å². The third-order valence-electron chi connectivity index (χ3n) is 6.05. The number of benzene rings is 3. The lowest BCUT2D eigenvalue weighted by molar-refractivity contribution is -0.122. The number of methoxy groups -OCH3 is 1. The van der Waals surface area contributed by atoms with Crippen LogP contribution in [0.1, 0.15) is 22.0 Å². The van der Waals surface area contributed by atoms with Crippen molar-refractivity contribution in [2.75, 3.05) is 25.1 Å². The van der Waals surface area contributed by atoms with Gasteiger partial charge in [-0.15, -0.1) is 0 Å². The number of aliphatic imine (C=N–C) groups is 1. The molecule has 2 aliphatic rings. The normalized spacial score (nSPS) is 19.5. The summed E-state index contributed by atoms with van der Waals surface area (Å²) in [5.74, 6) is 0.685. The molecule has 34 heavy (non-hydrogen) atoms. The summed E-state index contributed by atoms with van der Waals surface area (Å²) >= 11 is 6.13. The molecular weight excluding hydrogens is 452 g/mol. The smallest absolute Gasteiger partial charge is 0.258 e. The van der Waals surface area contributed by atoms with Gasteiger partial charge in [-0.3, -0.25) is 14.6 Å². The lowest BCUT2D eigenvalue weighted by Gasteiger charge is -2.45. The van der Waals surface area contributed by atoms with Gasteiger partial charge in [0.25, 0.3) is 11.8 Å². The Hall–Kier alpha value is -3.84. The number of halogens is 1. The first-order chi connectivity index (χ1) is 16.6. The standard InChI is InChI=1S/C26H23ClN4O3/c1-34-21-13-11-20(12-14-21)31-25(33)22(29-24(32)18-5-3-2-4-6-18)23(30-16-15-28-26(30)31)17-7-9-19(27)10-8-17/h2-14,22-23H,15-16H2,1H3,(H,29,32)/t22-,23+/m1/s1. The van der Waals surface area contributed by atoms with Gasteiger partial charge < -0.3 is 15.0 Å². The van der Waals surface area contributed by atoms with Crippen molar-refractivity contribution >= 4 is 35.1 Å². The summed E-state index contributed by atoms with van der Waals surface area (Å²) in [6.45, 7) is 1.18. The van der Waals surface area contributed by atoms with Gasteiger partial charge in [0.1, 0.15) is 11.8 Å². The number of carbonyl (C=O) groups is 2. The number of amides is 2. The largest absolute Gasteiger partial charge is 0.497 e. The Morgan fingerprint density at radius 2 is 1.74 bits per heavy atom. The number of fused-ring (bicyclic) bond motifs is 1. The Kier molecular flexibility index (Phi) is 5.94. The quantitative estimate of drug-likeness (QED) is 0.608. The number of hydrogen-bond acceptors (Lipinski definition) is 5. The first-order valence-corrected chi connectivity index (χ1v) is 11.3. The Balaban J connectivity index is 1.57. The zero-order chi connectivity index (χ0) is 23.7. The summed E-state index contributed by atoms with van der Waals surface area (Å²) in [6, 6.07) is 22.2. The molecule has 7 nitrogen and oxygen atoms in total. The van der Waals surface area contributed by atoms with Crippen LogP contribution in [0, 0.1) is 0 Å². The molecular formula is C26H23ClN4O3. The molecule has 0 radical (unpaired) electrons. The van der Waals surface area contributed by atoms with Crippen molar-refractivity contribution in [1.29, 1.82) is 0 Å². The third kappa shape index (κ3) is 3.99. The van der Waals surface area contributed by atoms with Crippen LogP contribution >= 0.6 is 11.6 Å². The summed E-state index contributed by atoms with van der Waals surface area (Å²) in [4.78, 5) is 35.4. The summed E-state index contributed by atoms with van der Waals surface area (Å²) in [5, 5.41) is 3.60. The first kappa shape index (κ1) is 22.0. The van der Waals surface area contributed by atoms with Gasteiger partial charge in [-0.2, -0.15) is 0 Å². The molecule has 0 saturated carbocycles. The van der Waals surface area contributed by atoms with Crippen LogP contribution in [-0.2, 0) is 4.79 Å². The van der Waals surface area contributed by atoms with Crippen LogP contribution in [0.5, 0.6) is 5.75 Å². The molecule has 5 rings (SSSR count). The molecule has 2 heterocycles. The summed E-state index contributed by atoms with van der Waals surface area (Å²) in [5.41, 5.74) is 2.02. The van der Waals surface area contributed by atoms with Crippen molar-refractivity contribution in [3.63, 3.8) is 0 Å². The lowest BCUT2D eigenvalue weighted by Crippen LogP contribution is -2.64. The van der Waals surface area contributed by atoms with E-state index in [0.29, 0.717) is 41.1 Å². The van der Waals surface area contributed by atoms with E-state index in [0.717, 1.165) is 5.56 Å². The zero-order valence-corrected chi connectivity index (χ0v) is 19.3. The van der Waals surface area contributed by atoms with Gasteiger partial charge in [-0.1, -0.05) is 41.9 Å². The van der Waals surface area contributed by atoms with E-state index in [9.17, 15) is 9.59 Å². The fourth-order valence-corrected chi connectivity index (χ4v) is 4.55. The summed E-state index contributed by atoms with van der Waals surface area (Å²) in [7, 11) is 1.59. The molecule has 0 unspecified atom stereocenters. The summed E-state index contributed by atoms with van der Waals surface area (Å²) in [6.07, 6.45) is 0. The molecule has 3 aromatic carbocycles. The minimum Gasteiger partial charge on any atom is -0.497 e. The number of nitrogens with zero attached hydrogens (tertiary/aromatic N) is 3. The minimum absolute atomic E-state index is 0.258. The van der Waals surface area contributed by atoms with Crippen LogP contribution in [0.25, 0.3) is 0 Å². The molecule has 172 valence electrons. The number of rotatable bonds is 5. The molecule has 2 atom stereocenters. The number of hydrogen-bond donors (Lipinski definition) is 1. The van der Waals surface area contributed by atoms with E-state index < -0.39 is 12.1 Å². The van der Waals surface area contributed by atoms with Crippen molar-refractivity contribution < 1.29 is 14.3 Å². The fourth-order valence-electron chi connectivity index (χ4n) is 4.42. The molecule has 2 amide bonds. The Bertz CT molecular complexity index is 1230. The van der Waals surface area contributed by atoms with Crippen LogP contribution in [0.3, 0.4) is 0 Å². The monoisotopic (exact) mass is 474 g/mol. The van der Waals surface area contributed by atoms with Gasteiger partial charge in [0.15, 0.2) is 0 Å². The predicted octanol–water partition coefficient (Wildman–Crippen LogP) is 3.91. The van der Waals surface area contributed by atoms with Gasteiger partial charge in [0.05, 0.1) is 25.4 Å². The van der Waals surface area contributed by atoms with Crippen molar-refractivity contribution in [3.05, 3.63) is 95.0 Å². The highest BCUT2D eigenvalue weighted by molar-refractivity contribution is 6.30. The second-order valence-electron chi connectivity index (χ2n) is 8.06. The van der Waals surface area contributed by atoms with Crippen LogP contribution in [0.4, 0.5) is 5.69 Å². The maximum Gasteiger partial charge on any atom is 0.258 e. The highest BCUT2D eigenvalue weighted by atomic mass is 35.5. The molecule has 1 fully saturated rings. The van der Waals surface area contributed by atoms with Crippen LogP contribution in [0.2, 0.25) is 5.02 Å². The number of nitrogens with one attached hydrogen (secondary N) is 1. The van der Waals surface area contributed by atoms with E-state index in [-0.39, 0.29) is 11.8 Å². The molecule has 0 aliphatic carbocycles. The topological polar surface area (TPSA) is 74.2 Å². The van der Waals surface area contributed by atoms with Crippen molar-refractivity contribution in [3.8, 4) is 5.75 Å². The average molecular weight is 475 g/mol. The Morgan fingerprint density at radius 1 is 1.03 bits per heavy atom. The molecule has 1 saturated heterocycles. The number of guanidine groups is 1. The van der Waals surface area contributed by atoms with Crippen LogP contribution < -0.4 is 15.0 Å². The van der Waals surface area contributed by atoms with Gasteiger partial charge in [0.2, 0.25) is 5.96 Å². The number of carbonyl (C=O) groups excluding carboxylic acids is 2. The van der Waals surface area contributed by atoms with Crippen molar-refractivity contribution in [1.82, 2.24) is 10.2 Å². The lowest BCUT2D eigenvalue weighted by atomic mass is 9.93. The number of anilines is 1. The molecule has 3 aromatic rings. The van der Waals surface area contributed by atoms with Gasteiger partial charge in [-0.05, 0) is 54.1 Å². The number of ether oxygens (including phenoxy) is 1. The van der Waals surface area contributed by atoms with Gasteiger partial charge in [0, 0.05) is 17.1 Å². The first-order valence-electron chi connectivity index (χ1n) is 11.0. The van der Waals surface area contributed by atoms with Crippen LogP contribution in [-0.4, -0.2) is 48.9 Å². The second-order valence-corrected chi connectivity index (χ2v) is 8.50. The zero-order valence-electron chi connectivity index (χ0n) is 18.5.